The van der Waals surface area contributed by atoms with Crippen LogP contribution >= 0.6 is 0 Å². The van der Waals surface area contributed by atoms with Crippen LogP contribution in [0.25, 0.3) is 0 Å². The Morgan fingerprint density at radius 3 is 2.23 bits per heavy atom. The molecular formula is C18H22FN3. The second kappa shape index (κ2) is 6.99. The molecule has 22 heavy (non-hydrogen) atoms. The number of hydrogen-bond donors (Lipinski definition) is 0. The maximum absolute atomic E-state index is 12.9. The fourth-order valence-electron chi connectivity index (χ4n) is 2.88. The maximum Gasteiger partial charge on any atom is 0.123 e. The number of hydrogen-bond acceptors (Lipinski definition) is 3. The molecule has 0 atom stereocenters. The van der Waals surface area contributed by atoms with E-state index in [1.807, 2.05) is 24.4 Å². The predicted octanol–water partition coefficient (Wildman–Crippen LogP) is 2.85. The number of halogens is 1. The van der Waals surface area contributed by atoms with E-state index in [0.717, 1.165) is 45.0 Å². The summed E-state index contributed by atoms with van der Waals surface area (Å²) >= 11 is 0. The lowest BCUT2D eigenvalue weighted by atomic mass is 10.1. The van der Waals surface area contributed by atoms with Gasteiger partial charge < -0.3 is 0 Å². The van der Waals surface area contributed by atoms with Crippen molar-refractivity contribution in [3.05, 3.63) is 65.2 Å². The van der Waals surface area contributed by atoms with Crippen molar-refractivity contribution in [2.45, 2.75) is 20.0 Å². The predicted molar refractivity (Wildman–Crippen MR) is 85.9 cm³/mol. The lowest BCUT2D eigenvalue weighted by molar-refractivity contribution is 0.121. The number of benzene rings is 1. The van der Waals surface area contributed by atoms with Gasteiger partial charge in [-0.25, -0.2) is 4.39 Å². The first kappa shape index (κ1) is 15.1. The molecule has 1 aliphatic heterocycles. The first-order valence-electron chi connectivity index (χ1n) is 7.80. The normalized spacial score (nSPS) is 16.8. The summed E-state index contributed by atoms with van der Waals surface area (Å²) in [5.41, 5.74) is 3.61. The summed E-state index contributed by atoms with van der Waals surface area (Å²) in [5, 5.41) is 0. The minimum absolute atomic E-state index is 0.166. The van der Waals surface area contributed by atoms with Crippen molar-refractivity contribution < 1.29 is 4.39 Å². The standard InChI is InChI=1S/C18H22FN3/c1-15-17(3-2-8-20-15)14-22-11-9-21(10-12-22)13-16-4-6-18(19)7-5-16/h2-8H,9-14H2,1H3. The zero-order chi connectivity index (χ0) is 15.4. The van der Waals surface area contributed by atoms with Gasteiger partial charge >= 0.3 is 0 Å². The quantitative estimate of drug-likeness (QED) is 0.865. The van der Waals surface area contributed by atoms with Crippen molar-refractivity contribution in [1.82, 2.24) is 14.8 Å². The van der Waals surface area contributed by atoms with Gasteiger partial charge in [-0.15, -0.1) is 0 Å². The molecule has 1 saturated heterocycles. The first-order valence-corrected chi connectivity index (χ1v) is 7.80. The van der Waals surface area contributed by atoms with Crippen LogP contribution in [-0.2, 0) is 13.1 Å². The average molecular weight is 299 g/mol. The third-order valence-electron chi connectivity index (χ3n) is 4.29. The van der Waals surface area contributed by atoms with Crippen molar-refractivity contribution in [2.75, 3.05) is 26.2 Å². The molecule has 0 amide bonds. The van der Waals surface area contributed by atoms with Gasteiger partial charge in [-0.3, -0.25) is 14.8 Å². The Labute approximate surface area is 131 Å². The summed E-state index contributed by atoms with van der Waals surface area (Å²) < 4.78 is 12.9. The SMILES string of the molecule is Cc1ncccc1CN1CCN(Cc2ccc(F)cc2)CC1. The van der Waals surface area contributed by atoms with Gasteiger partial charge in [-0.2, -0.15) is 0 Å². The van der Waals surface area contributed by atoms with Crippen LogP contribution in [0.3, 0.4) is 0 Å². The Morgan fingerprint density at radius 1 is 0.955 bits per heavy atom. The van der Waals surface area contributed by atoms with E-state index in [1.165, 1.54) is 23.3 Å². The molecule has 0 N–H and O–H groups in total. The van der Waals surface area contributed by atoms with Crippen LogP contribution < -0.4 is 0 Å². The molecule has 116 valence electrons. The van der Waals surface area contributed by atoms with Crippen molar-refractivity contribution >= 4 is 0 Å². The van der Waals surface area contributed by atoms with Crippen LogP contribution in [0.15, 0.2) is 42.6 Å². The molecule has 4 heteroatoms. The zero-order valence-corrected chi connectivity index (χ0v) is 13.0. The summed E-state index contributed by atoms with van der Waals surface area (Å²) in [6, 6.07) is 11.0. The summed E-state index contributed by atoms with van der Waals surface area (Å²) in [4.78, 5) is 9.26. The molecule has 0 unspecified atom stereocenters. The lowest BCUT2D eigenvalue weighted by Gasteiger charge is -2.34. The fourth-order valence-corrected chi connectivity index (χ4v) is 2.88. The molecule has 0 bridgehead atoms. The van der Waals surface area contributed by atoms with Crippen LogP contribution in [-0.4, -0.2) is 41.0 Å². The molecule has 1 aliphatic rings. The van der Waals surface area contributed by atoms with E-state index in [-0.39, 0.29) is 5.82 Å². The van der Waals surface area contributed by atoms with Crippen molar-refractivity contribution in [1.29, 1.82) is 0 Å². The molecule has 1 aromatic heterocycles. The highest BCUT2D eigenvalue weighted by Crippen LogP contribution is 2.13. The monoisotopic (exact) mass is 299 g/mol. The van der Waals surface area contributed by atoms with E-state index in [1.54, 1.807) is 0 Å². The van der Waals surface area contributed by atoms with Gasteiger partial charge in [0, 0.05) is 51.2 Å². The van der Waals surface area contributed by atoms with E-state index in [0.29, 0.717) is 0 Å². The molecular weight excluding hydrogens is 277 g/mol. The third kappa shape index (κ3) is 3.90. The third-order valence-corrected chi connectivity index (χ3v) is 4.29. The smallest absolute Gasteiger partial charge is 0.123 e. The summed E-state index contributed by atoms with van der Waals surface area (Å²) in [6.07, 6.45) is 1.85. The van der Waals surface area contributed by atoms with Crippen LogP contribution in [0.4, 0.5) is 4.39 Å². The fraction of sp³-hybridized carbons (Fsp3) is 0.389. The van der Waals surface area contributed by atoms with Gasteiger partial charge in [0.25, 0.3) is 0 Å². The highest BCUT2D eigenvalue weighted by atomic mass is 19.1. The average Bonchev–Trinajstić information content (AvgIpc) is 2.54. The van der Waals surface area contributed by atoms with Gasteiger partial charge in [0.2, 0.25) is 0 Å². The first-order chi connectivity index (χ1) is 10.7. The largest absolute Gasteiger partial charge is 0.297 e. The number of nitrogens with zero attached hydrogens (tertiary/aromatic N) is 3. The van der Waals surface area contributed by atoms with Gasteiger partial charge in [-0.1, -0.05) is 18.2 Å². The van der Waals surface area contributed by atoms with Crippen LogP contribution in [0, 0.1) is 12.7 Å². The summed E-state index contributed by atoms with van der Waals surface area (Å²) in [6.45, 7) is 8.18. The minimum Gasteiger partial charge on any atom is -0.297 e. The van der Waals surface area contributed by atoms with Gasteiger partial charge in [0.15, 0.2) is 0 Å². The highest BCUT2D eigenvalue weighted by Gasteiger charge is 2.17. The van der Waals surface area contributed by atoms with Crippen LogP contribution in [0.2, 0.25) is 0 Å². The van der Waals surface area contributed by atoms with E-state index in [9.17, 15) is 4.39 Å². The van der Waals surface area contributed by atoms with Gasteiger partial charge in [0.1, 0.15) is 5.82 Å². The number of aryl methyl sites for hydroxylation is 1. The van der Waals surface area contributed by atoms with Crippen LogP contribution in [0.1, 0.15) is 16.8 Å². The van der Waals surface area contributed by atoms with E-state index < -0.39 is 0 Å². The van der Waals surface area contributed by atoms with Gasteiger partial charge in [-0.05, 0) is 36.2 Å². The molecule has 2 aromatic rings. The van der Waals surface area contributed by atoms with E-state index in [4.69, 9.17) is 0 Å². The molecule has 2 heterocycles. The van der Waals surface area contributed by atoms with E-state index in [2.05, 4.69) is 27.8 Å². The molecule has 3 nitrogen and oxygen atoms in total. The second-order valence-electron chi connectivity index (χ2n) is 5.93. The molecule has 0 spiro atoms. The molecule has 3 rings (SSSR count). The van der Waals surface area contributed by atoms with Gasteiger partial charge in [0.05, 0.1) is 0 Å². The highest BCUT2D eigenvalue weighted by molar-refractivity contribution is 5.18. The number of piperazine rings is 1. The second-order valence-corrected chi connectivity index (χ2v) is 5.93. The summed E-state index contributed by atoms with van der Waals surface area (Å²) in [5.74, 6) is -0.166. The van der Waals surface area contributed by atoms with Crippen molar-refractivity contribution in [3.63, 3.8) is 0 Å². The maximum atomic E-state index is 12.9. The molecule has 0 aliphatic carbocycles. The van der Waals surface area contributed by atoms with Crippen molar-refractivity contribution in [3.8, 4) is 0 Å². The zero-order valence-electron chi connectivity index (χ0n) is 13.0. The Kier molecular flexibility index (Phi) is 4.80. The molecule has 1 aromatic carbocycles. The Morgan fingerprint density at radius 2 is 1.59 bits per heavy atom. The topological polar surface area (TPSA) is 19.4 Å². The molecule has 0 saturated carbocycles. The van der Waals surface area contributed by atoms with E-state index >= 15 is 0 Å². The Hall–Kier alpha value is -1.78. The Bertz CT molecular complexity index is 604. The Balaban J connectivity index is 1.50. The minimum atomic E-state index is -0.166. The summed E-state index contributed by atoms with van der Waals surface area (Å²) in [7, 11) is 0. The van der Waals surface area contributed by atoms with Crippen LogP contribution in [0.5, 0.6) is 0 Å². The number of aromatic nitrogens is 1. The molecule has 0 radical (unpaired) electrons. The molecule has 1 fully saturated rings. The number of rotatable bonds is 4. The lowest BCUT2D eigenvalue weighted by Crippen LogP contribution is -2.45. The number of pyridine rings is 1. The van der Waals surface area contributed by atoms with Crippen molar-refractivity contribution in [2.24, 2.45) is 0 Å².